The molecule has 0 bridgehead atoms. The Hall–Kier alpha value is -3.47. The Morgan fingerprint density at radius 2 is 1.77 bits per heavy atom. The molecule has 8 heteroatoms. The molecule has 0 atom stereocenters. The minimum absolute atomic E-state index is 0.202. The third kappa shape index (κ3) is 4.22. The summed E-state index contributed by atoms with van der Waals surface area (Å²) in [5.41, 5.74) is 2.65. The summed E-state index contributed by atoms with van der Waals surface area (Å²) in [6, 6.07) is 17.7. The topological polar surface area (TPSA) is 90.3 Å². The van der Waals surface area contributed by atoms with Crippen molar-refractivity contribution in [2.24, 2.45) is 0 Å². The van der Waals surface area contributed by atoms with Gasteiger partial charge >= 0.3 is 0 Å². The molecule has 1 aliphatic rings. The molecule has 4 rings (SSSR count). The smallest absolute Gasteiger partial charge is 0.265 e. The van der Waals surface area contributed by atoms with Crippen molar-refractivity contribution >= 4 is 46.3 Å². The first-order valence-electron chi connectivity index (χ1n) is 9.48. The molecule has 154 valence electrons. The Kier molecular flexibility index (Phi) is 5.85. The van der Waals surface area contributed by atoms with Crippen molar-refractivity contribution in [3.63, 3.8) is 0 Å². The number of imide groups is 1. The fourth-order valence-electron chi connectivity index (χ4n) is 3.42. The van der Waals surface area contributed by atoms with E-state index >= 15 is 0 Å². The largest absolute Gasteiger partial charge is 0.321 e. The van der Waals surface area contributed by atoms with Gasteiger partial charge in [-0.2, -0.15) is 5.26 Å². The number of nitriles is 1. The van der Waals surface area contributed by atoms with Crippen LogP contribution in [0, 0.1) is 11.3 Å². The second-order valence-corrected chi connectivity index (χ2v) is 8.66. The Balaban J connectivity index is 1.50. The van der Waals surface area contributed by atoms with Gasteiger partial charge < -0.3 is 5.32 Å². The van der Waals surface area contributed by atoms with Crippen LogP contribution in [0.4, 0.5) is 5.69 Å². The van der Waals surface area contributed by atoms with Crippen molar-refractivity contribution in [1.29, 1.82) is 5.26 Å². The average Bonchev–Trinajstić information content (AvgIpc) is 3.30. The molecule has 3 aromatic rings. The molecule has 0 aliphatic carbocycles. The summed E-state index contributed by atoms with van der Waals surface area (Å²) in [5, 5.41) is 11.5. The van der Waals surface area contributed by atoms with Gasteiger partial charge in [0.1, 0.15) is 0 Å². The molecule has 3 amide bonds. The van der Waals surface area contributed by atoms with E-state index in [9.17, 15) is 14.4 Å². The lowest BCUT2D eigenvalue weighted by Crippen LogP contribution is -2.32. The number of amides is 3. The van der Waals surface area contributed by atoms with Crippen LogP contribution in [0.2, 0.25) is 4.34 Å². The molecule has 0 fully saturated rings. The lowest BCUT2D eigenvalue weighted by Gasteiger charge is -2.14. The van der Waals surface area contributed by atoms with Crippen LogP contribution in [0.5, 0.6) is 0 Å². The summed E-state index contributed by atoms with van der Waals surface area (Å²) in [4.78, 5) is 39.9. The van der Waals surface area contributed by atoms with E-state index in [1.54, 1.807) is 30.3 Å². The minimum atomic E-state index is -0.429. The molecular formula is C23H16ClN3O3S. The molecule has 2 heterocycles. The number of benzene rings is 2. The molecule has 1 aliphatic heterocycles. The molecule has 0 saturated carbocycles. The lowest BCUT2D eigenvalue weighted by atomic mass is 10.1. The third-order valence-electron chi connectivity index (χ3n) is 4.97. The molecule has 0 spiro atoms. The first-order chi connectivity index (χ1) is 15.0. The van der Waals surface area contributed by atoms with Gasteiger partial charge in [-0.1, -0.05) is 41.9 Å². The van der Waals surface area contributed by atoms with Crippen LogP contribution in [0.1, 0.15) is 41.5 Å². The van der Waals surface area contributed by atoms with Crippen LogP contribution in [0.25, 0.3) is 0 Å². The number of nitrogens with one attached hydrogen (secondary N) is 1. The van der Waals surface area contributed by atoms with Gasteiger partial charge in [-0.3, -0.25) is 19.3 Å². The molecular weight excluding hydrogens is 434 g/mol. The molecule has 1 aromatic heterocycles. The van der Waals surface area contributed by atoms with Crippen LogP contribution in [-0.4, -0.2) is 29.2 Å². The maximum atomic E-state index is 13.0. The Bertz CT molecular complexity index is 1230. The van der Waals surface area contributed by atoms with Crippen molar-refractivity contribution in [3.8, 4) is 6.07 Å². The maximum absolute atomic E-state index is 13.0. The van der Waals surface area contributed by atoms with Crippen LogP contribution in [0.3, 0.4) is 0 Å². The SMILES string of the molecule is N#CCc1ccc(CCN2C(=O)c3cccc(NC(=O)c4ccc(Cl)s4)c3C2=O)cc1. The summed E-state index contributed by atoms with van der Waals surface area (Å²) >= 11 is 7.02. The Morgan fingerprint density at radius 3 is 2.45 bits per heavy atom. The van der Waals surface area contributed by atoms with Crippen molar-refractivity contribution < 1.29 is 14.4 Å². The van der Waals surface area contributed by atoms with Crippen LogP contribution < -0.4 is 5.32 Å². The van der Waals surface area contributed by atoms with Gasteiger partial charge in [0.15, 0.2) is 0 Å². The van der Waals surface area contributed by atoms with Gasteiger partial charge in [-0.15, -0.1) is 11.3 Å². The first-order valence-corrected chi connectivity index (χ1v) is 10.7. The lowest BCUT2D eigenvalue weighted by molar-refractivity contribution is 0.0656. The molecule has 0 saturated heterocycles. The predicted molar refractivity (Wildman–Crippen MR) is 119 cm³/mol. The Labute approximate surface area is 187 Å². The number of rotatable bonds is 6. The number of hydrogen-bond acceptors (Lipinski definition) is 5. The zero-order valence-corrected chi connectivity index (χ0v) is 17.8. The molecule has 6 nitrogen and oxygen atoms in total. The number of fused-ring (bicyclic) bond motifs is 1. The highest BCUT2D eigenvalue weighted by molar-refractivity contribution is 7.18. The Morgan fingerprint density at radius 1 is 1.03 bits per heavy atom. The fourth-order valence-corrected chi connectivity index (χ4v) is 4.36. The van der Waals surface area contributed by atoms with Crippen LogP contribution in [-0.2, 0) is 12.8 Å². The van der Waals surface area contributed by atoms with Gasteiger partial charge in [0.05, 0.1) is 38.5 Å². The highest BCUT2D eigenvalue weighted by atomic mass is 35.5. The van der Waals surface area contributed by atoms with E-state index in [-0.39, 0.29) is 29.5 Å². The standard InChI is InChI=1S/C23H16ClN3O3S/c24-19-9-8-18(31-19)21(28)26-17-3-1-2-16-20(17)23(30)27(22(16)29)13-11-15-6-4-14(5-7-15)10-12-25/h1-9H,10-11,13H2,(H,26,28). The summed E-state index contributed by atoms with van der Waals surface area (Å²) in [6.45, 7) is 0.220. The predicted octanol–water partition coefficient (Wildman–Crippen LogP) is 4.56. The second-order valence-electron chi connectivity index (χ2n) is 6.95. The number of carbonyl (C=O) groups is 3. The van der Waals surface area contributed by atoms with E-state index in [0.717, 1.165) is 22.5 Å². The monoisotopic (exact) mass is 449 g/mol. The summed E-state index contributed by atoms with van der Waals surface area (Å²) in [5.74, 6) is -1.20. The minimum Gasteiger partial charge on any atom is -0.321 e. The molecule has 31 heavy (non-hydrogen) atoms. The van der Waals surface area contributed by atoms with Crippen molar-refractivity contribution in [3.05, 3.63) is 86.1 Å². The first kappa shape index (κ1) is 20.8. The fraction of sp³-hybridized carbons (Fsp3) is 0.130. The highest BCUT2D eigenvalue weighted by Crippen LogP contribution is 2.30. The van der Waals surface area contributed by atoms with Gasteiger partial charge in [0.25, 0.3) is 17.7 Å². The van der Waals surface area contributed by atoms with E-state index in [1.807, 2.05) is 24.3 Å². The normalized spacial score (nSPS) is 12.6. The van der Waals surface area contributed by atoms with E-state index in [2.05, 4.69) is 11.4 Å². The molecule has 2 aromatic carbocycles. The zero-order valence-electron chi connectivity index (χ0n) is 16.2. The van der Waals surface area contributed by atoms with Gasteiger partial charge in [-0.05, 0) is 41.8 Å². The quantitative estimate of drug-likeness (QED) is 0.558. The number of hydrogen-bond donors (Lipinski definition) is 1. The summed E-state index contributed by atoms with van der Waals surface area (Å²) in [7, 11) is 0. The number of halogens is 1. The highest BCUT2D eigenvalue weighted by Gasteiger charge is 2.37. The van der Waals surface area contributed by atoms with Crippen molar-refractivity contribution in [1.82, 2.24) is 4.90 Å². The van der Waals surface area contributed by atoms with Crippen molar-refractivity contribution in [2.75, 3.05) is 11.9 Å². The second kappa shape index (κ2) is 8.72. The number of nitrogens with zero attached hydrogens (tertiary/aromatic N) is 2. The van der Waals surface area contributed by atoms with E-state index in [4.69, 9.17) is 16.9 Å². The average molecular weight is 450 g/mol. The number of carbonyl (C=O) groups excluding carboxylic acids is 3. The van der Waals surface area contributed by atoms with Crippen LogP contribution >= 0.6 is 22.9 Å². The van der Waals surface area contributed by atoms with Gasteiger partial charge in [0, 0.05) is 6.54 Å². The zero-order chi connectivity index (χ0) is 22.0. The summed E-state index contributed by atoms with van der Waals surface area (Å²) < 4.78 is 0.488. The number of thiophene rings is 1. The molecule has 0 radical (unpaired) electrons. The number of anilines is 1. The van der Waals surface area contributed by atoms with Crippen LogP contribution in [0.15, 0.2) is 54.6 Å². The van der Waals surface area contributed by atoms with Gasteiger partial charge in [0.2, 0.25) is 0 Å². The maximum Gasteiger partial charge on any atom is 0.265 e. The third-order valence-corrected chi connectivity index (χ3v) is 6.20. The molecule has 0 unspecified atom stereocenters. The van der Waals surface area contributed by atoms with E-state index < -0.39 is 5.91 Å². The summed E-state index contributed by atoms with van der Waals surface area (Å²) in [6.07, 6.45) is 0.832. The van der Waals surface area contributed by atoms with E-state index in [0.29, 0.717) is 27.7 Å². The van der Waals surface area contributed by atoms with E-state index in [1.165, 1.54) is 4.90 Å². The van der Waals surface area contributed by atoms with Crippen molar-refractivity contribution in [2.45, 2.75) is 12.8 Å². The molecule has 1 N–H and O–H groups in total. The van der Waals surface area contributed by atoms with Gasteiger partial charge in [-0.25, -0.2) is 0 Å².